The van der Waals surface area contributed by atoms with E-state index in [-0.39, 0.29) is 18.1 Å². The first-order valence-corrected chi connectivity index (χ1v) is 14.9. The van der Waals surface area contributed by atoms with E-state index in [0.717, 1.165) is 21.8 Å². The molecular formula is C30H23ClN2O6S2. The first-order chi connectivity index (χ1) is 19.9. The van der Waals surface area contributed by atoms with Gasteiger partial charge in [-0.1, -0.05) is 65.0 Å². The molecule has 2 unspecified atom stereocenters. The van der Waals surface area contributed by atoms with Crippen LogP contribution in [-0.2, 0) is 20.9 Å². The van der Waals surface area contributed by atoms with E-state index in [4.69, 9.17) is 21.1 Å². The van der Waals surface area contributed by atoms with Crippen LogP contribution in [0.3, 0.4) is 0 Å². The summed E-state index contributed by atoms with van der Waals surface area (Å²) in [7, 11) is 0. The molecule has 0 saturated carbocycles. The molecule has 1 fully saturated rings. The topological polar surface area (TPSA) is 106 Å². The van der Waals surface area contributed by atoms with Gasteiger partial charge in [-0.25, -0.2) is 9.69 Å². The molecule has 1 N–H and O–H groups in total. The van der Waals surface area contributed by atoms with Crippen molar-refractivity contribution >= 4 is 58.2 Å². The molecule has 208 valence electrons. The number of hydrogen-bond acceptors (Lipinski definition) is 8. The standard InChI is InChI=1S/C30H23ClN2O6S2/c1-2-38-29(36)17-8-11-19(12-9-17)33-27(34)23-22(24-26(32-30(37)41-24)40-25(23)28(33)35)20-14-18(31)10-13-21(20)39-15-16-6-4-3-5-7-16/h3-14,22-23,25H,2,15H2,1H3,(H,32,37)/t22-,23?,25?/m1/s1. The van der Waals surface area contributed by atoms with Crippen molar-refractivity contribution in [1.82, 2.24) is 4.98 Å². The van der Waals surface area contributed by atoms with Crippen molar-refractivity contribution < 1.29 is 23.9 Å². The lowest BCUT2D eigenvalue weighted by atomic mass is 9.82. The van der Waals surface area contributed by atoms with E-state index in [0.29, 0.717) is 37.5 Å². The van der Waals surface area contributed by atoms with E-state index >= 15 is 0 Å². The van der Waals surface area contributed by atoms with Crippen LogP contribution in [0.15, 0.2) is 82.6 Å². The van der Waals surface area contributed by atoms with Gasteiger partial charge >= 0.3 is 10.8 Å². The summed E-state index contributed by atoms with van der Waals surface area (Å²) >= 11 is 8.66. The molecule has 0 bridgehead atoms. The van der Waals surface area contributed by atoms with Crippen molar-refractivity contribution in [3.63, 3.8) is 0 Å². The molecule has 1 saturated heterocycles. The number of benzene rings is 3. The third-order valence-corrected chi connectivity index (χ3v) is 9.64. The molecule has 0 spiro atoms. The molecule has 0 radical (unpaired) electrons. The summed E-state index contributed by atoms with van der Waals surface area (Å²) in [6.07, 6.45) is 0. The Bertz CT molecular complexity index is 1700. The fourth-order valence-electron chi connectivity index (χ4n) is 5.20. The highest BCUT2D eigenvalue weighted by atomic mass is 35.5. The van der Waals surface area contributed by atoms with Gasteiger partial charge in [-0.2, -0.15) is 0 Å². The number of nitrogens with zero attached hydrogens (tertiary/aromatic N) is 1. The summed E-state index contributed by atoms with van der Waals surface area (Å²) in [6.45, 7) is 2.24. The van der Waals surface area contributed by atoms with Gasteiger partial charge in [-0.3, -0.25) is 14.4 Å². The number of aromatic amines is 1. The zero-order valence-corrected chi connectivity index (χ0v) is 24.1. The number of fused-ring (bicyclic) bond motifs is 2. The number of nitrogens with one attached hydrogen (secondary N) is 1. The lowest BCUT2D eigenvalue weighted by molar-refractivity contribution is -0.122. The summed E-state index contributed by atoms with van der Waals surface area (Å²) < 4.78 is 11.3. The molecule has 41 heavy (non-hydrogen) atoms. The molecule has 6 rings (SSSR count). The fourth-order valence-corrected chi connectivity index (χ4v) is 7.88. The molecule has 3 atom stereocenters. The number of amides is 2. The van der Waals surface area contributed by atoms with Gasteiger partial charge in [0.15, 0.2) is 0 Å². The molecule has 4 aromatic rings. The normalized spacial score (nSPS) is 19.6. The zero-order valence-electron chi connectivity index (χ0n) is 21.7. The summed E-state index contributed by atoms with van der Waals surface area (Å²) in [5.41, 5.74) is 2.26. The van der Waals surface area contributed by atoms with Gasteiger partial charge in [-0.15, -0.1) is 0 Å². The Morgan fingerprint density at radius 2 is 1.76 bits per heavy atom. The van der Waals surface area contributed by atoms with Crippen LogP contribution in [0.5, 0.6) is 5.75 Å². The Morgan fingerprint density at radius 1 is 1.00 bits per heavy atom. The number of imide groups is 1. The van der Waals surface area contributed by atoms with Gasteiger partial charge in [-0.05, 0) is 55.0 Å². The minimum absolute atomic E-state index is 0.235. The maximum atomic E-state index is 14.1. The average Bonchev–Trinajstić information content (AvgIpc) is 3.47. The van der Waals surface area contributed by atoms with Crippen LogP contribution in [0.4, 0.5) is 5.69 Å². The van der Waals surface area contributed by atoms with E-state index in [1.54, 1.807) is 37.3 Å². The fraction of sp³-hybridized carbons (Fsp3) is 0.200. The first kappa shape index (κ1) is 27.3. The zero-order chi connectivity index (χ0) is 28.7. The second-order valence-corrected chi connectivity index (χ2v) is 12.1. The number of thioether (sulfide) groups is 1. The van der Waals surface area contributed by atoms with E-state index in [1.807, 2.05) is 30.3 Å². The van der Waals surface area contributed by atoms with Crippen LogP contribution in [-0.4, -0.2) is 34.6 Å². The monoisotopic (exact) mass is 606 g/mol. The highest BCUT2D eigenvalue weighted by Gasteiger charge is 2.56. The number of carbonyl (C=O) groups is 3. The second kappa shape index (κ2) is 11.2. The Labute approximate surface area is 248 Å². The number of anilines is 1. The summed E-state index contributed by atoms with van der Waals surface area (Å²) in [4.78, 5) is 56.8. The van der Waals surface area contributed by atoms with Gasteiger partial charge in [0.25, 0.3) is 0 Å². The van der Waals surface area contributed by atoms with Gasteiger partial charge in [0.2, 0.25) is 11.8 Å². The van der Waals surface area contributed by atoms with Crippen LogP contribution in [0.25, 0.3) is 0 Å². The maximum absolute atomic E-state index is 14.1. The Hall–Kier alpha value is -3.86. The Morgan fingerprint density at radius 3 is 2.49 bits per heavy atom. The minimum atomic E-state index is -0.811. The molecule has 0 aliphatic carbocycles. The molecule has 8 nitrogen and oxygen atoms in total. The van der Waals surface area contributed by atoms with Crippen LogP contribution >= 0.6 is 34.7 Å². The van der Waals surface area contributed by atoms with Crippen LogP contribution < -0.4 is 14.5 Å². The van der Waals surface area contributed by atoms with Crippen LogP contribution in [0, 0.1) is 5.92 Å². The van der Waals surface area contributed by atoms with Crippen molar-refractivity contribution in [2.75, 3.05) is 11.5 Å². The average molecular weight is 607 g/mol. The predicted octanol–water partition coefficient (Wildman–Crippen LogP) is 5.64. The van der Waals surface area contributed by atoms with Crippen molar-refractivity contribution in [2.24, 2.45) is 5.92 Å². The number of rotatable bonds is 7. The van der Waals surface area contributed by atoms with Gasteiger partial charge in [0.05, 0.1) is 28.8 Å². The first-order valence-electron chi connectivity index (χ1n) is 12.9. The molecule has 1 aromatic heterocycles. The number of hydrogen-bond donors (Lipinski definition) is 1. The van der Waals surface area contributed by atoms with Crippen LogP contribution in [0.1, 0.15) is 39.2 Å². The second-order valence-electron chi connectivity index (χ2n) is 9.49. The number of carbonyl (C=O) groups excluding carboxylic acids is 3. The molecule has 2 aliphatic rings. The molecule has 3 heterocycles. The summed E-state index contributed by atoms with van der Waals surface area (Å²) in [5.74, 6) is -2.23. The van der Waals surface area contributed by atoms with Crippen molar-refractivity contribution in [3.8, 4) is 5.75 Å². The van der Waals surface area contributed by atoms with Crippen molar-refractivity contribution in [2.45, 2.75) is 29.7 Å². The molecular weight excluding hydrogens is 584 g/mol. The smallest absolute Gasteiger partial charge is 0.338 e. The number of aromatic nitrogens is 1. The molecule has 3 aromatic carbocycles. The highest BCUT2D eigenvalue weighted by molar-refractivity contribution is 8.00. The van der Waals surface area contributed by atoms with Crippen molar-refractivity contribution in [3.05, 3.63) is 109 Å². The lowest BCUT2D eigenvalue weighted by Crippen LogP contribution is -2.32. The van der Waals surface area contributed by atoms with Crippen molar-refractivity contribution in [1.29, 1.82) is 0 Å². The van der Waals surface area contributed by atoms with Crippen LogP contribution in [0.2, 0.25) is 5.02 Å². The quantitative estimate of drug-likeness (QED) is 0.214. The third kappa shape index (κ3) is 5.07. The number of H-pyrrole nitrogens is 1. The van der Waals surface area contributed by atoms with E-state index < -0.39 is 34.9 Å². The lowest BCUT2D eigenvalue weighted by Gasteiger charge is -2.31. The largest absolute Gasteiger partial charge is 0.489 e. The minimum Gasteiger partial charge on any atom is -0.489 e. The predicted molar refractivity (Wildman–Crippen MR) is 157 cm³/mol. The third-order valence-electron chi connectivity index (χ3n) is 7.00. The molecule has 2 amide bonds. The Balaban J connectivity index is 1.40. The van der Waals surface area contributed by atoms with E-state index in [1.165, 1.54) is 23.9 Å². The number of esters is 1. The number of ether oxygens (including phenoxy) is 2. The highest BCUT2D eigenvalue weighted by Crippen LogP contribution is 2.54. The van der Waals surface area contributed by atoms with Gasteiger partial charge < -0.3 is 14.5 Å². The van der Waals surface area contributed by atoms with E-state index in [2.05, 4.69) is 4.98 Å². The summed E-state index contributed by atoms with van der Waals surface area (Å²) in [5, 5.41) is 0.214. The molecule has 2 aliphatic heterocycles. The maximum Gasteiger partial charge on any atom is 0.338 e. The SMILES string of the molecule is CCOC(=O)c1ccc(N2C(=O)C3Sc4[nH]c(=O)sc4[C@H](c4cc(Cl)ccc4OCc4ccccc4)C3C2=O)cc1. The molecule has 11 heteroatoms. The number of halogens is 1. The Kier molecular flexibility index (Phi) is 7.46. The summed E-state index contributed by atoms with van der Waals surface area (Å²) in [6, 6.07) is 21.0. The van der Waals surface area contributed by atoms with Gasteiger partial charge in [0, 0.05) is 21.4 Å². The number of thiazole rings is 1. The van der Waals surface area contributed by atoms with Gasteiger partial charge in [0.1, 0.15) is 17.6 Å². The van der Waals surface area contributed by atoms with E-state index in [9.17, 15) is 19.2 Å².